The third kappa shape index (κ3) is 5.68. The maximum Gasteiger partial charge on any atom is 0.422 e. The Labute approximate surface area is 184 Å². The van der Waals surface area contributed by atoms with Gasteiger partial charge in [0.25, 0.3) is 5.91 Å². The fourth-order valence-corrected chi connectivity index (χ4v) is 4.38. The molecule has 0 fully saturated rings. The molecule has 0 spiro atoms. The number of benzene rings is 1. The first-order valence-electron chi connectivity index (χ1n) is 8.64. The van der Waals surface area contributed by atoms with Crippen molar-refractivity contribution in [3.8, 4) is 0 Å². The average molecular weight is 490 g/mol. The number of rotatable bonds is 4. The van der Waals surface area contributed by atoms with E-state index >= 15 is 0 Å². The number of hydrogen-bond acceptors (Lipinski definition) is 4. The molecule has 0 saturated heterocycles. The van der Waals surface area contributed by atoms with E-state index in [2.05, 4.69) is 10.3 Å². The molecule has 1 atom stereocenters. The lowest BCUT2D eigenvalue weighted by atomic mass is 10.2. The SMILES string of the molecule is O=C(Nc1ccccn1)/C(=C1/C=CSC(C(F)(F)F)=C1)S(=O)c1ccc(C(F)(F)F)cc1. The van der Waals surface area contributed by atoms with Crippen molar-refractivity contribution in [3.63, 3.8) is 0 Å². The summed E-state index contributed by atoms with van der Waals surface area (Å²) in [6.07, 6.45) is -6.15. The number of pyridine rings is 1. The van der Waals surface area contributed by atoms with Crippen LogP contribution >= 0.6 is 11.8 Å². The maximum absolute atomic E-state index is 13.2. The van der Waals surface area contributed by atoms with E-state index < -0.39 is 44.4 Å². The van der Waals surface area contributed by atoms with Gasteiger partial charge in [0.1, 0.15) is 10.7 Å². The Morgan fingerprint density at radius 1 is 0.969 bits per heavy atom. The number of alkyl halides is 6. The number of carbonyl (C=O) groups is 1. The largest absolute Gasteiger partial charge is 0.422 e. The van der Waals surface area contributed by atoms with Crippen LogP contribution in [0.5, 0.6) is 0 Å². The summed E-state index contributed by atoms with van der Waals surface area (Å²) in [5.41, 5.74) is -1.29. The number of thioether (sulfide) groups is 1. The third-order valence-electron chi connectivity index (χ3n) is 3.96. The molecule has 1 unspecified atom stereocenters. The van der Waals surface area contributed by atoms with E-state index in [1.807, 2.05) is 0 Å². The molecule has 3 rings (SSSR count). The number of aromatic nitrogens is 1. The number of allylic oxidation sites excluding steroid dienone is 4. The normalized spacial score (nSPS) is 16.9. The van der Waals surface area contributed by atoms with Gasteiger partial charge < -0.3 is 5.32 Å². The van der Waals surface area contributed by atoms with Gasteiger partial charge in [0.15, 0.2) is 0 Å². The highest BCUT2D eigenvalue weighted by atomic mass is 32.2. The van der Waals surface area contributed by atoms with Crippen molar-refractivity contribution in [3.05, 3.63) is 87.2 Å². The predicted molar refractivity (Wildman–Crippen MR) is 109 cm³/mol. The second-order valence-corrected chi connectivity index (χ2v) is 8.54. The van der Waals surface area contributed by atoms with Crippen LogP contribution < -0.4 is 5.32 Å². The minimum Gasteiger partial charge on any atom is -0.306 e. The number of halogens is 6. The zero-order chi connectivity index (χ0) is 23.5. The van der Waals surface area contributed by atoms with Crippen LogP contribution in [0.25, 0.3) is 0 Å². The van der Waals surface area contributed by atoms with Gasteiger partial charge >= 0.3 is 12.4 Å². The fraction of sp³-hybridized carbons (Fsp3) is 0.100. The predicted octanol–water partition coefficient (Wildman–Crippen LogP) is 5.81. The molecule has 12 heteroatoms. The van der Waals surface area contributed by atoms with Crippen LogP contribution in [-0.2, 0) is 21.8 Å². The van der Waals surface area contributed by atoms with Gasteiger partial charge in [-0.25, -0.2) is 9.19 Å². The quantitative estimate of drug-likeness (QED) is 0.434. The smallest absolute Gasteiger partial charge is 0.306 e. The molecule has 0 saturated carbocycles. The Balaban J connectivity index is 2.07. The molecule has 1 aromatic carbocycles. The summed E-state index contributed by atoms with van der Waals surface area (Å²) in [6.45, 7) is 0. The first-order chi connectivity index (χ1) is 15.0. The van der Waals surface area contributed by atoms with Crippen molar-refractivity contribution < 1.29 is 35.3 Å². The fourth-order valence-electron chi connectivity index (χ4n) is 2.51. The van der Waals surface area contributed by atoms with Crippen molar-refractivity contribution in [2.75, 3.05) is 5.32 Å². The van der Waals surface area contributed by atoms with Gasteiger partial charge in [-0.3, -0.25) is 4.79 Å². The highest BCUT2D eigenvalue weighted by molar-refractivity contribution is 8.06. The van der Waals surface area contributed by atoms with Gasteiger partial charge in [0.05, 0.1) is 21.3 Å². The molecule has 1 aliphatic heterocycles. The maximum atomic E-state index is 13.2. The van der Waals surface area contributed by atoms with Crippen molar-refractivity contribution in [2.45, 2.75) is 17.2 Å². The Hall–Kier alpha value is -2.86. The molecule has 2 aromatic rings. The highest BCUT2D eigenvalue weighted by Crippen LogP contribution is 2.40. The molecular formula is C20H12F6N2O2S2. The van der Waals surface area contributed by atoms with E-state index in [0.29, 0.717) is 30.0 Å². The summed E-state index contributed by atoms with van der Waals surface area (Å²) in [7, 11) is -2.40. The second-order valence-electron chi connectivity index (χ2n) is 6.17. The molecule has 168 valence electrons. The van der Waals surface area contributed by atoms with E-state index in [0.717, 1.165) is 17.5 Å². The second kappa shape index (κ2) is 9.33. The standard InChI is InChI=1S/C20H12F6N2O2S2/c21-19(22,23)13-4-6-14(7-5-13)32(30)17(18(29)28-16-3-1-2-9-27-16)12-8-10-31-15(11-12)20(24,25)26/h1-11H,(H,27,28,29)/b17-12+. The lowest BCUT2D eigenvalue weighted by molar-refractivity contribution is -0.137. The first kappa shape index (κ1) is 23.8. The lowest BCUT2D eigenvalue weighted by Crippen LogP contribution is -2.21. The van der Waals surface area contributed by atoms with Gasteiger partial charge in [-0.2, -0.15) is 26.3 Å². The van der Waals surface area contributed by atoms with Crippen molar-refractivity contribution >= 4 is 34.3 Å². The molecule has 0 aliphatic carbocycles. The minimum absolute atomic E-state index is 0.0502. The molecule has 32 heavy (non-hydrogen) atoms. The van der Waals surface area contributed by atoms with Gasteiger partial charge in [0.2, 0.25) is 0 Å². The average Bonchev–Trinajstić information content (AvgIpc) is 2.73. The third-order valence-corrected chi connectivity index (χ3v) is 6.33. The summed E-state index contributed by atoms with van der Waals surface area (Å²) in [4.78, 5) is 15.0. The number of amides is 1. The van der Waals surface area contributed by atoms with Crippen molar-refractivity contribution in [2.24, 2.45) is 0 Å². The molecular weight excluding hydrogens is 478 g/mol. The van der Waals surface area contributed by atoms with Gasteiger partial charge in [-0.05, 0) is 59.5 Å². The van der Waals surface area contributed by atoms with Crippen LogP contribution in [0.4, 0.5) is 32.2 Å². The Kier molecular flexibility index (Phi) is 6.94. The zero-order valence-corrected chi connectivity index (χ0v) is 17.3. The topological polar surface area (TPSA) is 59.1 Å². The first-order valence-corrected chi connectivity index (χ1v) is 10.7. The molecule has 1 aliphatic rings. The van der Waals surface area contributed by atoms with E-state index in [-0.39, 0.29) is 16.3 Å². The highest BCUT2D eigenvalue weighted by Gasteiger charge is 2.36. The number of nitrogens with zero attached hydrogens (tertiary/aromatic N) is 1. The minimum atomic E-state index is -4.71. The summed E-state index contributed by atoms with van der Waals surface area (Å²) in [6, 6.07) is 7.68. The van der Waals surface area contributed by atoms with E-state index in [1.54, 1.807) is 12.1 Å². The lowest BCUT2D eigenvalue weighted by Gasteiger charge is -2.16. The van der Waals surface area contributed by atoms with E-state index in [1.165, 1.54) is 18.3 Å². The molecule has 4 nitrogen and oxygen atoms in total. The van der Waals surface area contributed by atoms with Crippen molar-refractivity contribution in [1.82, 2.24) is 4.98 Å². The molecule has 1 aromatic heterocycles. The summed E-state index contributed by atoms with van der Waals surface area (Å²) in [5, 5.41) is 3.43. The van der Waals surface area contributed by atoms with Crippen LogP contribution in [-0.4, -0.2) is 21.3 Å². The Morgan fingerprint density at radius 3 is 2.22 bits per heavy atom. The molecule has 1 N–H and O–H groups in total. The molecule has 1 amide bonds. The van der Waals surface area contributed by atoms with Crippen molar-refractivity contribution in [1.29, 1.82) is 0 Å². The summed E-state index contributed by atoms with van der Waals surface area (Å²) < 4.78 is 91.1. The van der Waals surface area contributed by atoms with E-state index in [4.69, 9.17) is 0 Å². The van der Waals surface area contributed by atoms with Gasteiger partial charge in [-0.1, -0.05) is 17.8 Å². The van der Waals surface area contributed by atoms with Crippen LogP contribution in [0, 0.1) is 0 Å². The molecule has 2 heterocycles. The number of nitrogens with one attached hydrogen (secondary N) is 1. The van der Waals surface area contributed by atoms with Crippen LogP contribution in [0.1, 0.15) is 5.56 Å². The molecule has 0 bridgehead atoms. The van der Waals surface area contributed by atoms with E-state index in [9.17, 15) is 35.3 Å². The Morgan fingerprint density at radius 2 is 1.66 bits per heavy atom. The number of carbonyl (C=O) groups excluding carboxylic acids is 1. The monoisotopic (exact) mass is 490 g/mol. The Bertz CT molecular complexity index is 1120. The van der Waals surface area contributed by atoms with Gasteiger partial charge in [-0.15, -0.1) is 0 Å². The van der Waals surface area contributed by atoms with Crippen LogP contribution in [0.2, 0.25) is 0 Å². The number of anilines is 1. The molecule has 0 radical (unpaired) electrons. The van der Waals surface area contributed by atoms with Crippen LogP contribution in [0.3, 0.4) is 0 Å². The summed E-state index contributed by atoms with van der Waals surface area (Å²) >= 11 is 0.373. The van der Waals surface area contributed by atoms with Gasteiger partial charge in [0, 0.05) is 11.1 Å². The van der Waals surface area contributed by atoms with Crippen LogP contribution in [0.15, 0.2) is 86.5 Å². The zero-order valence-electron chi connectivity index (χ0n) is 15.7. The summed E-state index contributed by atoms with van der Waals surface area (Å²) in [5.74, 6) is -0.958. The number of hydrogen-bond donors (Lipinski definition) is 1.